The van der Waals surface area contributed by atoms with Gasteiger partial charge in [0.25, 0.3) is 0 Å². The van der Waals surface area contributed by atoms with Crippen LogP contribution in [0.15, 0.2) is 35.4 Å². The predicted molar refractivity (Wildman–Crippen MR) is 119 cm³/mol. The Labute approximate surface area is 190 Å². The molecule has 7 nitrogen and oxygen atoms in total. The Morgan fingerprint density at radius 2 is 1.88 bits per heavy atom. The molecule has 2 heterocycles. The van der Waals surface area contributed by atoms with E-state index in [1.54, 1.807) is 12.1 Å². The van der Waals surface area contributed by atoms with Crippen LogP contribution in [0.25, 0.3) is 0 Å². The standard InChI is InChI=1S/C24H23N3O4S/c1-31-24(30)15-8-10-18(11-9-15)27-21(28)13-20(23(27)29)32-22-17(14-25)12-16-6-4-2-3-5-7-19(16)26-22/h8-12,20H,2-7,13H2,1H3. The summed E-state index contributed by atoms with van der Waals surface area (Å²) >= 11 is 1.19. The predicted octanol–water partition coefficient (Wildman–Crippen LogP) is 3.82. The summed E-state index contributed by atoms with van der Waals surface area (Å²) in [4.78, 5) is 43.2. The average Bonchev–Trinajstić information content (AvgIpc) is 3.07. The van der Waals surface area contributed by atoms with E-state index in [1.807, 2.05) is 6.07 Å². The molecule has 1 aliphatic heterocycles. The summed E-state index contributed by atoms with van der Waals surface area (Å²) in [6, 6.07) is 10.3. The number of carbonyl (C=O) groups is 3. The highest BCUT2D eigenvalue weighted by Crippen LogP contribution is 2.36. The van der Waals surface area contributed by atoms with Crippen molar-refractivity contribution < 1.29 is 19.1 Å². The highest BCUT2D eigenvalue weighted by atomic mass is 32.2. The van der Waals surface area contributed by atoms with Crippen molar-refractivity contribution in [3.63, 3.8) is 0 Å². The Morgan fingerprint density at radius 3 is 2.56 bits per heavy atom. The maximum absolute atomic E-state index is 13.1. The molecule has 2 amide bonds. The van der Waals surface area contributed by atoms with Gasteiger partial charge in [0.05, 0.1) is 29.2 Å². The van der Waals surface area contributed by atoms with Gasteiger partial charge in [0.1, 0.15) is 11.1 Å². The highest BCUT2D eigenvalue weighted by molar-refractivity contribution is 8.00. The molecule has 1 atom stereocenters. The van der Waals surface area contributed by atoms with Crippen LogP contribution in [0.4, 0.5) is 5.69 Å². The Morgan fingerprint density at radius 1 is 1.16 bits per heavy atom. The van der Waals surface area contributed by atoms with E-state index < -0.39 is 11.2 Å². The first kappa shape index (κ1) is 22.0. The number of amides is 2. The molecule has 1 fully saturated rings. The topological polar surface area (TPSA) is 100 Å². The van der Waals surface area contributed by atoms with Gasteiger partial charge in [0.15, 0.2) is 0 Å². The molecule has 0 saturated carbocycles. The van der Waals surface area contributed by atoms with Crippen molar-refractivity contribution in [2.75, 3.05) is 12.0 Å². The van der Waals surface area contributed by atoms with E-state index in [-0.39, 0.29) is 18.2 Å². The number of aromatic nitrogens is 1. The van der Waals surface area contributed by atoms with Crippen molar-refractivity contribution in [1.29, 1.82) is 5.26 Å². The molecule has 0 spiro atoms. The average molecular weight is 450 g/mol. The van der Waals surface area contributed by atoms with E-state index in [2.05, 4.69) is 10.8 Å². The van der Waals surface area contributed by atoms with Gasteiger partial charge in [-0.25, -0.2) is 14.7 Å². The first-order valence-electron chi connectivity index (χ1n) is 10.7. The van der Waals surface area contributed by atoms with Crippen LogP contribution in [0.2, 0.25) is 0 Å². The van der Waals surface area contributed by atoms with Crippen LogP contribution in [0.1, 0.15) is 59.3 Å². The highest BCUT2D eigenvalue weighted by Gasteiger charge is 2.41. The third kappa shape index (κ3) is 4.39. The first-order valence-corrected chi connectivity index (χ1v) is 11.5. The second kappa shape index (κ2) is 9.53. The summed E-state index contributed by atoms with van der Waals surface area (Å²) < 4.78 is 4.68. The van der Waals surface area contributed by atoms with Gasteiger partial charge in [0, 0.05) is 12.1 Å². The molecule has 164 valence electrons. The number of esters is 1. The van der Waals surface area contributed by atoms with Crippen LogP contribution in [-0.4, -0.2) is 35.1 Å². The Hall–Kier alpha value is -3.18. The number of anilines is 1. The number of thioether (sulfide) groups is 1. The smallest absolute Gasteiger partial charge is 0.337 e. The van der Waals surface area contributed by atoms with Crippen LogP contribution >= 0.6 is 11.8 Å². The first-order chi connectivity index (χ1) is 15.5. The Bertz CT molecular complexity index is 1110. The van der Waals surface area contributed by atoms with Crippen molar-refractivity contribution >= 4 is 35.2 Å². The molecule has 8 heteroatoms. The van der Waals surface area contributed by atoms with Gasteiger partial charge in [-0.05, 0) is 61.6 Å². The fourth-order valence-corrected chi connectivity index (χ4v) is 5.20. The minimum atomic E-state index is -0.644. The molecule has 1 aromatic heterocycles. The van der Waals surface area contributed by atoms with Crippen LogP contribution in [0, 0.1) is 11.3 Å². The quantitative estimate of drug-likeness (QED) is 0.517. The van der Waals surface area contributed by atoms with Gasteiger partial charge in [0.2, 0.25) is 11.8 Å². The molecule has 2 aromatic rings. The molecule has 1 unspecified atom stereocenters. The lowest BCUT2D eigenvalue weighted by molar-refractivity contribution is -0.121. The maximum atomic E-state index is 13.1. The zero-order valence-electron chi connectivity index (χ0n) is 17.8. The van der Waals surface area contributed by atoms with Gasteiger partial charge in [-0.15, -0.1) is 0 Å². The van der Waals surface area contributed by atoms with E-state index in [0.29, 0.717) is 21.8 Å². The monoisotopic (exact) mass is 449 g/mol. The molecular formula is C24H23N3O4S. The molecule has 1 aromatic carbocycles. The number of nitrogens with zero attached hydrogens (tertiary/aromatic N) is 3. The molecule has 0 bridgehead atoms. The van der Waals surface area contributed by atoms with E-state index in [4.69, 9.17) is 4.98 Å². The lowest BCUT2D eigenvalue weighted by Crippen LogP contribution is -2.31. The molecular weight excluding hydrogens is 426 g/mol. The van der Waals surface area contributed by atoms with E-state index in [0.717, 1.165) is 41.8 Å². The van der Waals surface area contributed by atoms with Crippen molar-refractivity contribution in [3.8, 4) is 6.07 Å². The van der Waals surface area contributed by atoms with Crippen molar-refractivity contribution in [1.82, 2.24) is 4.98 Å². The van der Waals surface area contributed by atoms with E-state index in [1.165, 1.54) is 43.8 Å². The fourth-order valence-electron chi connectivity index (χ4n) is 4.10. The zero-order chi connectivity index (χ0) is 22.7. The second-order valence-corrected chi connectivity index (χ2v) is 9.08. The van der Waals surface area contributed by atoms with Gasteiger partial charge < -0.3 is 4.74 Å². The number of hydrogen-bond donors (Lipinski definition) is 0. The molecule has 0 N–H and O–H groups in total. The summed E-state index contributed by atoms with van der Waals surface area (Å²) in [5, 5.41) is 9.53. The normalized spacial score (nSPS) is 18.5. The van der Waals surface area contributed by atoms with Gasteiger partial charge in [-0.1, -0.05) is 24.6 Å². The summed E-state index contributed by atoms with van der Waals surface area (Å²) in [7, 11) is 1.29. The van der Waals surface area contributed by atoms with E-state index >= 15 is 0 Å². The number of carbonyl (C=O) groups excluding carboxylic acids is 3. The summed E-state index contributed by atoms with van der Waals surface area (Å²) in [6.45, 7) is 0. The van der Waals surface area contributed by atoms with Gasteiger partial charge >= 0.3 is 5.97 Å². The molecule has 4 rings (SSSR count). The summed E-state index contributed by atoms with van der Waals surface area (Å²) in [5.41, 5.74) is 3.31. The van der Waals surface area contributed by atoms with Crippen LogP contribution in [0.5, 0.6) is 0 Å². The Balaban J connectivity index is 1.56. The number of benzene rings is 1. The van der Waals surface area contributed by atoms with E-state index in [9.17, 15) is 19.6 Å². The maximum Gasteiger partial charge on any atom is 0.337 e. The van der Waals surface area contributed by atoms with Crippen LogP contribution < -0.4 is 4.90 Å². The number of ether oxygens (including phenoxy) is 1. The van der Waals surface area contributed by atoms with Gasteiger partial charge in [-0.3, -0.25) is 9.59 Å². The number of nitriles is 1. The third-order valence-corrected chi connectivity index (χ3v) is 6.98. The van der Waals surface area contributed by atoms with Crippen molar-refractivity contribution in [2.45, 2.75) is 55.2 Å². The molecule has 0 radical (unpaired) electrons. The lowest BCUT2D eigenvalue weighted by Gasteiger charge is -2.17. The van der Waals surface area contributed by atoms with Crippen molar-refractivity contribution in [3.05, 3.63) is 52.7 Å². The third-order valence-electron chi connectivity index (χ3n) is 5.79. The van der Waals surface area contributed by atoms with Gasteiger partial charge in [-0.2, -0.15) is 5.26 Å². The second-order valence-electron chi connectivity index (χ2n) is 7.89. The van der Waals surface area contributed by atoms with Crippen molar-refractivity contribution in [2.24, 2.45) is 0 Å². The Kier molecular flexibility index (Phi) is 6.56. The number of imide groups is 1. The minimum absolute atomic E-state index is 0.0336. The number of hydrogen-bond acceptors (Lipinski definition) is 7. The largest absolute Gasteiger partial charge is 0.465 e. The number of rotatable bonds is 4. The minimum Gasteiger partial charge on any atom is -0.465 e. The number of aryl methyl sites for hydroxylation is 2. The zero-order valence-corrected chi connectivity index (χ0v) is 18.6. The lowest BCUT2D eigenvalue weighted by atomic mass is 9.96. The summed E-state index contributed by atoms with van der Waals surface area (Å²) in [5.74, 6) is -1.15. The molecule has 1 aliphatic carbocycles. The molecule has 2 aliphatic rings. The number of methoxy groups -OCH3 is 1. The number of fused-ring (bicyclic) bond motifs is 1. The molecule has 1 saturated heterocycles. The SMILES string of the molecule is COC(=O)c1ccc(N2C(=O)CC(Sc3nc4c(cc3C#N)CCCCCC4)C2=O)cc1. The summed E-state index contributed by atoms with van der Waals surface area (Å²) in [6.07, 6.45) is 6.32. The van der Waals surface area contributed by atoms with Crippen LogP contribution in [0.3, 0.4) is 0 Å². The fraction of sp³-hybridized carbons (Fsp3) is 0.375. The molecule has 32 heavy (non-hydrogen) atoms. The van der Waals surface area contributed by atoms with Crippen LogP contribution in [-0.2, 0) is 27.2 Å². The number of pyridine rings is 1.